The van der Waals surface area contributed by atoms with Crippen molar-refractivity contribution in [2.24, 2.45) is 0 Å². The molecule has 4 nitrogen and oxygen atoms in total. The lowest BCUT2D eigenvalue weighted by molar-refractivity contribution is -0.141. The maximum Gasteiger partial charge on any atom is 0.434 e. The molecule has 0 amide bonds. The Labute approximate surface area is 101 Å². The van der Waals surface area contributed by atoms with Gasteiger partial charge in [-0.25, -0.2) is 9.97 Å². The van der Waals surface area contributed by atoms with Crippen LogP contribution in [0.1, 0.15) is 11.4 Å². The quantitative estimate of drug-likeness (QED) is 0.749. The number of nitrogens with zero attached hydrogens (tertiary/aromatic N) is 3. The van der Waals surface area contributed by atoms with Crippen LogP contribution in [0.4, 0.5) is 13.2 Å². The lowest BCUT2D eigenvalue weighted by atomic mass is 10.4. The van der Waals surface area contributed by atoms with Crippen molar-refractivity contribution in [2.45, 2.75) is 13.1 Å². The summed E-state index contributed by atoms with van der Waals surface area (Å²) in [5.74, 6) is -0.273. The second kappa shape index (κ2) is 3.80. The van der Waals surface area contributed by atoms with Crippen molar-refractivity contribution in [3.05, 3.63) is 38.5 Å². The molecular weight excluding hydrogens is 303 g/mol. The van der Waals surface area contributed by atoms with Crippen LogP contribution in [-0.2, 0) is 6.18 Å². The molecule has 0 saturated heterocycles. The monoisotopic (exact) mass is 307 g/mol. The van der Waals surface area contributed by atoms with Crippen molar-refractivity contribution in [1.82, 2.24) is 14.4 Å². The normalized spacial score (nSPS) is 12.1. The number of fused-ring (bicyclic) bond motifs is 1. The fourth-order valence-corrected chi connectivity index (χ4v) is 1.78. The van der Waals surface area contributed by atoms with E-state index in [-0.39, 0.29) is 5.78 Å². The SMILES string of the molecule is Cc1ccn2c(=O)c(Br)c(C(F)(F)F)nc2n1. The van der Waals surface area contributed by atoms with Crippen LogP contribution >= 0.6 is 15.9 Å². The molecule has 2 aromatic rings. The van der Waals surface area contributed by atoms with Crippen LogP contribution in [-0.4, -0.2) is 14.4 Å². The average molecular weight is 308 g/mol. The molecule has 0 aliphatic rings. The van der Waals surface area contributed by atoms with Crippen molar-refractivity contribution in [1.29, 1.82) is 0 Å². The average Bonchev–Trinajstić information content (AvgIpc) is 2.21. The van der Waals surface area contributed by atoms with Crippen molar-refractivity contribution < 1.29 is 13.2 Å². The number of aromatic nitrogens is 3. The Bertz CT molecular complexity index is 650. The lowest BCUT2D eigenvalue weighted by Crippen LogP contribution is -2.23. The highest BCUT2D eigenvalue weighted by molar-refractivity contribution is 9.10. The maximum atomic E-state index is 12.6. The van der Waals surface area contributed by atoms with Gasteiger partial charge in [0.05, 0.1) is 0 Å². The Morgan fingerprint density at radius 1 is 1.35 bits per heavy atom. The van der Waals surface area contributed by atoms with E-state index < -0.39 is 21.9 Å². The van der Waals surface area contributed by atoms with Crippen LogP contribution in [0.2, 0.25) is 0 Å². The Hall–Kier alpha value is -1.44. The minimum Gasteiger partial charge on any atom is -0.268 e. The molecule has 8 heteroatoms. The molecule has 0 radical (unpaired) electrons. The molecule has 0 fully saturated rings. The minimum absolute atomic E-state index is 0.273. The zero-order valence-corrected chi connectivity index (χ0v) is 10.0. The summed E-state index contributed by atoms with van der Waals surface area (Å²) >= 11 is 2.61. The largest absolute Gasteiger partial charge is 0.434 e. The van der Waals surface area contributed by atoms with E-state index in [2.05, 4.69) is 25.9 Å². The van der Waals surface area contributed by atoms with Crippen molar-refractivity contribution in [3.8, 4) is 0 Å². The van der Waals surface area contributed by atoms with Gasteiger partial charge >= 0.3 is 6.18 Å². The van der Waals surface area contributed by atoms with E-state index in [4.69, 9.17) is 0 Å². The van der Waals surface area contributed by atoms with Gasteiger partial charge in [0.15, 0.2) is 5.69 Å². The van der Waals surface area contributed by atoms with E-state index in [0.29, 0.717) is 5.69 Å². The van der Waals surface area contributed by atoms with E-state index in [0.717, 1.165) is 4.40 Å². The molecule has 2 heterocycles. The van der Waals surface area contributed by atoms with E-state index in [9.17, 15) is 18.0 Å². The topological polar surface area (TPSA) is 47.3 Å². The molecular formula is C9H5BrF3N3O. The molecule has 0 atom stereocenters. The molecule has 0 unspecified atom stereocenters. The zero-order chi connectivity index (χ0) is 12.8. The lowest BCUT2D eigenvalue weighted by Gasteiger charge is -2.09. The zero-order valence-electron chi connectivity index (χ0n) is 8.42. The van der Waals surface area contributed by atoms with Gasteiger partial charge in [0.1, 0.15) is 4.47 Å². The number of aryl methyl sites for hydroxylation is 1. The summed E-state index contributed by atoms with van der Waals surface area (Å²) in [6.45, 7) is 1.60. The third kappa shape index (κ3) is 2.04. The highest BCUT2D eigenvalue weighted by atomic mass is 79.9. The summed E-state index contributed by atoms with van der Waals surface area (Å²) in [6.07, 6.45) is -3.36. The first-order valence-electron chi connectivity index (χ1n) is 4.43. The highest BCUT2D eigenvalue weighted by Crippen LogP contribution is 2.31. The van der Waals surface area contributed by atoms with Crippen molar-refractivity contribution >= 4 is 21.7 Å². The van der Waals surface area contributed by atoms with Gasteiger partial charge in [-0.3, -0.25) is 9.20 Å². The first-order chi connectivity index (χ1) is 7.80. The van der Waals surface area contributed by atoms with Crippen LogP contribution in [0.25, 0.3) is 5.78 Å². The van der Waals surface area contributed by atoms with Gasteiger partial charge in [-0.1, -0.05) is 0 Å². The third-order valence-corrected chi connectivity index (χ3v) is 2.77. The van der Waals surface area contributed by atoms with Crippen LogP contribution < -0.4 is 5.56 Å². The molecule has 17 heavy (non-hydrogen) atoms. The summed E-state index contributed by atoms with van der Waals surface area (Å²) in [5, 5.41) is 0. The molecule has 0 spiro atoms. The Balaban J connectivity index is 2.91. The summed E-state index contributed by atoms with van der Waals surface area (Å²) in [5.41, 5.74) is -1.62. The van der Waals surface area contributed by atoms with E-state index in [1.54, 1.807) is 6.92 Å². The van der Waals surface area contributed by atoms with Gasteiger partial charge in [-0.15, -0.1) is 0 Å². The molecule has 0 saturated carbocycles. The van der Waals surface area contributed by atoms with Crippen molar-refractivity contribution in [3.63, 3.8) is 0 Å². The molecule has 2 rings (SSSR count). The smallest absolute Gasteiger partial charge is 0.268 e. The van der Waals surface area contributed by atoms with E-state index in [1.807, 2.05) is 0 Å². The van der Waals surface area contributed by atoms with Crippen molar-refractivity contribution in [2.75, 3.05) is 0 Å². The van der Waals surface area contributed by atoms with Gasteiger partial charge in [0, 0.05) is 11.9 Å². The maximum absolute atomic E-state index is 12.6. The highest BCUT2D eigenvalue weighted by Gasteiger charge is 2.37. The fourth-order valence-electron chi connectivity index (χ4n) is 1.28. The molecule has 0 aromatic carbocycles. The number of alkyl halides is 3. The van der Waals surface area contributed by atoms with Gasteiger partial charge in [-0.05, 0) is 28.9 Å². The Morgan fingerprint density at radius 2 is 2.00 bits per heavy atom. The summed E-state index contributed by atoms with van der Waals surface area (Å²) in [4.78, 5) is 18.8. The van der Waals surface area contributed by atoms with Gasteiger partial charge < -0.3 is 0 Å². The second-order valence-corrected chi connectivity index (χ2v) is 4.11. The standard InChI is InChI=1S/C9H5BrF3N3O/c1-4-2-3-16-7(17)5(10)6(9(11,12)13)15-8(16)14-4/h2-3H,1H3. The van der Waals surface area contributed by atoms with Crippen LogP contribution in [0.3, 0.4) is 0 Å². The number of hydrogen-bond donors (Lipinski definition) is 0. The molecule has 2 aromatic heterocycles. The number of hydrogen-bond acceptors (Lipinski definition) is 3. The Morgan fingerprint density at radius 3 is 2.59 bits per heavy atom. The number of rotatable bonds is 0. The molecule has 0 bridgehead atoms. The summed E-state index contributed by atoms with van der Waals surface area (Å²) in [6, 6.07) is 1.51. The number of halogens is 4. The van der Waals surface area contributed by atoms with Gasteiger partial charge in [0.2, 0.25) is 5.78 Å². The van der Waals surface area contributed by atoms with Gasteiger partial charge in [-0.2, -0.15) is 13.2 Å². The van der Waals surface area contributed by atoms with Crippen LogP contribution in [0.15, 0.2) is 21.5 Å². The molecule has 0 aliphatic heterocycles. The first-order valence-corrected chi connectivity index (χ1v) is 5.22. The predicted molar refractivity (Wildman–Crippen MR) is 56.7 cm³/mol. The second-order valence-electron chi connectivity index (χ2n) is 3.32. The first kappa shape index (κ1) is 12.0. The van der Waals surface area contributed by atoms with Gasteiger partial charge in [0.25, 0.3) is 5.56 Å². The summed E-state index contributed by atoms with van der Waals surface area (Å²) in [7, 11) is 0. The summed E-state index contributed by atoms with van der Waals surface area (Å²) < 4.78 is 38.1. The fraction of sp³-hybridized carbons (Fsp3) is 0.222. The Kier molecular flexibility index (Phi) is 2.69. The van der Waals surface area contributed by atoms with Crippen LogP contribution in [0, 0.1) is 6.92 Å². The van der Waals surface area contributed by atoms with E-state index >= 15 is 0 Å². The molecule has 0 aliphatic carbocycles. The third-order valence-electron chi connectivity index (χ3n) is 2.05. The minimum atomic E-state index is -4.70. The molecule has 90 valence electrons. The molecule has 0 N–H and O–H groups in total. The predicted octanol–water partition coefficient (Wildman–Crippen LogP) is 2.18. The van der Waals surface area contributed by atoms with E-state index in [1.165, 1.54) is 12.3 Å². The van der Waals surface area contributed by atoms with Crippen LogP contribution in [0.5, 0.6) is 0 Å².